The van der Waals surface area contributed by atoms with Gasteiger partial charge in [-0.15, -0.1) is 11.3 Å². The van der Waals surface area contributed by atoms with Crippen LogP contribution in [-0.2, 0) is 9.59 Å². The van der Waals surface area contributed by atoms with E-state index in [-0.39, 0.29) is 17.0 Å². The van der Waals surface area contributed by atoms with E-state index in [4.69, 9.17) is 4.74 Å². The van der Waals surface area contributed by atoms with Crippen molar-refractivity contribution in [1.82, 2.24) is 0 Å². The van der Waals surface area contributed by atoms with Gasteiger partial charge < -0.3 is 9.84 Å². The Hall–Kier alpha value is -3.45. The second kappa shape index (κ2) is 8.24. The number of thiophene rings is 1. The van der Waals surface area contributed by atoms with Crippen LogP contribution in [0.3, 0.4) is 0 Å². The van der Waals surface area contributed by atoms with Crippen molar-refractivity contribution in [2.24, 2.45) is 0 Å². The Labute approximate surface area is 189 Å². The normalized spacial score (nSPS) is 17.8. The van der Waals surface area contributed by atoms with E-state index in [1.807, 2.05) is 25.3 Å². The lowest BCUT2D eigenvalue weighted by Crippen LogP contribution is -2.29. The highest BCUT2D eigenvalue weighted by atomic mass is 32.1. The predicted molar refractivity (Wildman–Crippen MR) is 123 cm³/mol. The number of hydrogen-bond donors (Lipinski definition) is 1. The number of carbonyl (C=O) groups excluding carboxylic acids is 2. The van der Waals surface area contributed by atoms with Gasteiger partial charge in [0, 0.05) is 16.1 Å². The molecule has 5 nitrogen and oxygen atoms in total. The van der Waals surface area contributed by atoms with E-state index in [2.05, 4.69) is 0 Å². The van der Waals surface area contributed by atoms with Crippen molar-refractivity contribution >= 4 is 34.5 Å². The third-order valence-electron chi connectivity index (χ3n) is 5.68. The third-order valence-corrected chi connectivity index (χ3v) is 6.75. The van der Waals surface area contributed by atoms with Crippen LogP contribution < -0.4 is 9.64 Å². The van der Waals surface area contributed by atoms with Gasteiger partial charge in [-0.2, -0.15) is 0 Å². The van der Waals surface area contributed by atoms with Gasteiger partial charge in [0.05, 0.1) is 12.7 Å². The summed E-state index contributed by atoms with van der Waals surface area (Å²) in [6, 6.07) is 10.1. The number of methoxy groups -OCH3 is 1. The molecule has 1 unspecified atom stereocenters. The monoisotopic (exact) mass is 451 g/mol. The molecule has 4 rings (SSSR count). The van der Waals surface area contributed by atoms with Gasteiger partial charge in [-0.1, -0.05) is 6.07 Å². The first-order chi connectivity index (χ1) is 15.2. The molecular formula is C25H22FNO4S. The number of Topliss-reactive ketones (excluding diaryl/α,β-unsaturated/α-hetero) is 1. The summed E-state index contributed by atoms with van der Waals surface area (Å²) in [6.45, 7) is 5.51. The molecule has 164 valence electrons. The Kier molecular flexibility index (Phi) is 5.60. The Bertz CT molecular complexity index is 1280. The standard InChI is InChI=1S/C25H22FNO4S/c1-13-8-9-32-24(13)21-20(22(28)18-10-15(3)19(31-4)11-14(18)2)23(29)25(30)27(21)17-7-5-6-16(26)12-17/h5-12,21,28H,1-4H3/b22-20+. The number of aryl methyl sites for hydroxylation is 3. The lowest BCUT2D eigenvalue weighted by molar-refractivity contribution is -0.132. The van der Waals surface area contributed by atoms with Gasteiger partial charge >= 0.3 is 0 Å². The Morgan fingerprint density at radius 2 is 1.81 bits per heavy atom. The smallest absolute Gasteiger partial charge is 0.300 e. The fourth-order valence-corrected chi connectivity index (χ4v) is 5.07. The molecule has 0 spiro atoms. The van der Waals surface area contributed by atoms with Gasteiger partial charge in [-0.3, -0.25) is 14.5 Å². The number of nitrogens with zero attached hydrogens (tertiary/aromatic N) is 1. The van der Waals surface area contributed by atoms with Gasteiger partial charge in [-0.25, -0.2) is 4.39 Å². The SMILES string of the molecule is COc1cc(C)c(/C(O)=C2\C(=O)C(=O)N(c3cccc(F)c3)C2c2sccc2C)cc1C. The summed E-state index contributed by atoms with van der Waals surface area (Å²) in [5.74, 6) is -1.74. The molecule has 1 aromatic heterocycles. The zero-order chi connectivity index (χ0) is 23.2. The van der Waals surface area contributed by atoms with Crippen molar-refractivity contribution in [2.75, 3.05) is 12.0 Å². The number of anilines is 1. The first-order valence-corrected chi connectivity index (χ1v) is 10.9. The fourth-order valence-electron chi connectivity index (χ4n) is 4.05. The second-order valence-corrected chi connectivity index (χ2v) is 8.70. The maximum Gasteiger partial charge on any atom is 0.300 e. The first kappa shape index (κ1) is 21.8. The molecular weight excluding hydrogens is 429 g/mol. The van der Waals surface area contributed by atoms with Gasteiger partial charge in [0.15, 0.2) is 0 Å². The van der Waals surface area contributed by atoms with Crippen LogP contribution in [0.5, 0.6) is 5.75 Å². The lowest BCUT2D eigenvalue weighted by Gasteiger charge is -2.25. The number of carbonyl (C=O) groups is 2. The summed E-state index contributed by atoms with van der Waals surface area (Å²) in [5, 5.41) is 13.2. The van der Waals surface area contributed by atoms with Gasteiger partial charge in [-0.05, 0) is 79.2 Å². The quantitative estimate of drug-likeness (QED) is 0.326. The number of aliphatic hydroxyl groups is 1. The highest BCUT2D eigenvalue weighted by molar-refractivity contribution is 7.10. The number of hydrogen-bond acceptors (Lipinski definition) is 5. The minimum Gasteiger partial charge on any atom is -0.507 e. The molecule has 1 amide bonds. The van der Waals surface area contributed by atoms with E-state index >= 15 is 0 Å². The van der Waals surface area contributed by atoms with Crippen LogP contribution in [0.4, 0.5) is 10.1 Å². The Balaban J connectivity index is 1.98. The van der Waals surface area contributed by atoms with Crippen LogP contribution in [0.1, 0.15) is 33.2 Å². The zero-order valence-corrected chi connectivity index (χ0v) is 18.9. The van der Waals surface area contributed by atoms with Crippen molar-refractivity contribution in [3.05, 3.63) is 86.4 Å². The van der Waals surface area contributed by atoms with E-state index in [0.29, 0.717) is 16.9 Å². The Morgan fingerprint density at radius 1 is 1.06 bits per heavy atom. The molecule has 1 aliphatic heterocycles. The van der Waals surface area contributed by atoms with Crippen LogP contribution in [0.2, 0.25) is 0 Å². The van der Waals surface area contributed by atoms with Crippen molar-refractivity contribution in [2.45, 2.75) is 26.8 Å². The molecule has 2 aromatic carbocycles. The number of ether oxygens (including phenoxy) is 1. The maximum atomic E-state index is 14.0. The van der Waals surface area contributed by atoms with Crippen molar-refractivity contribution in [3.8, 4) is 5.75 Å². The van der Waals surface area contributed by atoms with Gasteiger partial charge in [0.1, 0.15) is 23.4 Å². The molecule has 0 radical (unpaired) electrons. The van der Waals surface area contributed by atoms with Crippen LogP contribution in [0, 0.1) is 26.6 Å². The molecule has 0 bridgehead atoms. The number of rotatable bonds is 4. The molecule has 1 aliphatic rings. The van der Waals surface area contributed by atoms with Crippen LogP contribution in [-0.4, -0.2) is 23.9 Å². The third kappa shape index (κ3) is 3.48. The molecule has 1 atom stereocenters. The van der Waals surface area contributed by atoms with E-state index < -0.39 is 23.5 Å². The first-order valence-electron chi connectivity index (χ1n) is 10.0. The summed E-state index contributed by atoms with van der Waals surface area (Å²) in [5.41, 5.74) is 3.03. The number of halogens is 1. The van der Waals surface area contributed by atoms with E-state index in [0.717, 1.165) is 16.0 Å². The Morgan fingerprint density at radius 3 is 2.44 bits per heavy atom. The van der Waals surface area contributed by atoms with Gasteiger partial charge in [0.2, 0.25) is 0 Å². The predicted octanol–water partition coefficient (Wildman–Crippen LogP) is 5.45. The zero-order valence-electron chi connectivity index (χ0n) is 18.1. The molecule has 1 N–H and O–H groups in total. The molecule has 0 aliphatic carbocycles. The molecule has 3 aromatic rings. The summed E-state index contributed by atoms with van der Waals surface area (Å²) in [4.78, 5) is 28.3. The largest absolute Gasteiger partial charge is 0.507 e. The molecule has 1 saturated heterocycles. The van der Waals surface area contributed by atoms with Crippen molar-refractivity contribution in [1.29, 1.82) is 0 Å². The number of ketones is 1. The summed E-state index contributed by atoms with van der Waals surface area (Å²) in [7, 11) is 1.56. The van der Waals surface area contributed by atoms with Crippen LogP contribution in [0.25, 0.3) is 5.76 Å². The molecule has 0 saturated carbocycles. The number of amides is 1. The fraction of sp³-hybridized carbons (Fsp3) is 0.200. The highest BCUT2D eigenvalue weighted by Gasteiger charge is 2.48. The molecule has 32 heavy (non-hydrogen) atoms. The summed E-state index contributed by atoms with van der Waals surface area (Å²) < 4.78 is 19.3. The minimum absolute atomic E-state index is 0.0162. The van der Waals surface area contributed by atoms with Crippen molar-refractivity contribution < 1.29 is 23.8 Å². The summed E-state index contributed by atoms with van der Waals surface area (Å²) >= 11 is 1.38. The van der Waals surface area contributed by atoms with E-state index in [1.165, 1.54) is 34.4 Å². The van der Waals surface area contributed by atoms with Gasteiger partial charge in [0.25, 0.3) is 11.7 Å². The number of benzene rings is 2. The van der Waals surface area contributed by atoms with Crippen LogP contribution >= 0.6 is 11.3 Å². The highest BCUT2D eigenvalue weighted by Crippen LogP contribution is 2.45. The van der Waals surface area contributed by atoms with E-state index in [9.17, 15) is 19.1 Å². The number of aliphatic hydroxyl groups excluding tert-OH is 1. The second-order valence-electron chi connectivity index (χ2n) is 7.75. The van der Waals surface area contributed by atoms with Crippen molar-refractivity contribution in [3.63, 3.8) is 0 Å². The minimum atomic E-state index is -0.862. The molecule has 7 heteroatoms. The average molecular weight is 452 g/mol. The molecule has 1 fully saturated rings. The molecule has 2 heterocycles. The van der Waals surface area contributed by atoms with E-state index in [1.54, 1.807) is 32.2 Å². The maximum absolute atomic E-state index is 14.0. The van der Waals surface area contributed by atoms with Crippen LogP contribution in [0.15, 0.2) is 53.4 Å². The topological polar surface area (TPSA) is 66.8 Å². The average Bonchev–Trinajstić information content (AvgIpc) is 3.29. The lowest BCUT2D eigenvalue weighted by atomic mass is 9.95. The summed E-state index contributed by atoms with van der Waals surface area (Å²) in [6.07, 6.45) is 0.